The van der Waals surface area contributed by atoms with Gasteiger partial charge in [-0.1, -0.05) is 5.16 Å². The maximum Gasteiger partial charge on any atom is 0.253 e. The molecule has 2 aliphatic heterocycles. The van der Waals surface area contributed by atoms with E-state index in [-0.39, 0.29) is 5.91 Å². The van der Waals surface area contributed by atoms with Crippen LogP contribution in [0.25, 0.3) is 0 Å². The summed E-state index contributed by atoms with van der Waals surface area (Å²) in [4.78, 5) is 19.4. The van der Waals surface area contributed by atoms with Gasteiger partial charge in [0, 0.05) is 44.2 Å². The van der Waals surface area contributed by atoms with Crippen LogP contribution in [0.3, 0.4) is 0 Å². The lowest BCUT2D eigenvalue weighted by Gasteiger charge is -2.31. The molecule has 8 nitrogen and oxygen atoms in total. The summed E-state index contributed by atoms with van der Waals surface area (Å²) in [7, 11) is 3.16. The molecule has 0 radical (unpaired) electrons. The van der Waals surface area contributed by atoms with E-state index in [9.17, 15) is 4.79 Å². The lowest BCUT2D eigenvalue weighted by molar-refractivity contribution is 0.0687. The Hall–Kier alpha value is -2.61. The molecule has 0 unspecified atom stereocenters. The van der Waals surface area contributed by atoms with Crippen LogP contribution in [0.1, 0.15) is 53.7 Å². The molecule has 1 amide bonds. The van der Waals surface area contributed by atoms with Crippen LogP contribution in [0.15, 0.2) is 22.7 Å². The third kappa shape index (κ3) is 4.59. The first-order valence-electron chi connectivity index (χ1n) is 10.6. The lowest BCUT2D eigenvalue weighted by atomic mass is 9.93. The highest BCUT2D eigenvalue weighted by Gasteiger charge is 2.27. The monoisotopic (exact) mass is 415 g/mol. The Morgan fingerprint density at radius 2 is 1.83 bits per heavy atom. The van der Waals surface area contributed by atoms with Gasteiger partial charge in [-0.3, -0.25) is 4.79 Å². The van der Waals surface area contributed by atoms with Crippen molar-refractivity contribution in [3.05, 3.63) is 35.5 Å². The first kappa shape index (κ1) is 20.7. The number of ether oxygens (including phenoxy) is 3. The van der Waals surface area contributed by atoms with Crippen molar-refractivity contribution < 1.29 is 23.5 Å². The molecule has 0 spiro atoms. The molecule has 0 N–H and O–H groups in total. The summed E-state index contributed by atoms with van der Waals surface area (Å²) in [6, 6.07) is 5.29. The fourth-order valence-corrected chi connectivity index (χ4v) is 4.21. The Morgan fingerprint density at radius 3 is 2.53 bits per heavy atom. The maximum atomic E-state index is 12.9. The minimum Gasteiger partial charge on any atom is -0.493 e. The van der Waals surface area contributed by atoms with Crippen molar-refractivity contribution in [1.29, 1.82) is 0 Å². The molecular formula is C22H29N3O5. The predicted molar refractivity (Wildman–Crippen MR) is 109 cm³/mol. The Balaban J connectivity index is 1.30. The summed E-state index contributed by atoms with van der Waals surface area (Å²) in [5.41, 5.74) is 0.615. The molecule has 8 heteroatoms. The normalized spacial score (nSPS) is 18.4. The molecule has 0 aliphatic carbocycles. The average Bonchev–Trinajstić information content (AvgIpc) is 3.27. The largest absolute Gasteiger partial charge is 0.493 e. The Bertz CT molecular complexity index is 854. The number of piperidine rings is 1. The molecule has 162 valence electrons. The summed E-state index contributed by atoms with van der Waals surface area (Å²) < 4.78 is 21.5. The summed E-state index contributed by atoms with van der Waals surface area (Å²) in [5, 5.41) is 4.19. The van der Waals surface area contributed by atoms with Gasteiger partial charge in [-0.15, -0.1) is 0 Å². The van der Waals surface area contributed by atoms with Gasteiger partial charge in [0.25, 0.3) is 5.91 Å². The number of carbonyl (C=O) groups excluding carboxylic acids is 1. The van der Waals surface area contributed by atoms with Crippen molar-refractivity contribution in [2.45, 2.75) is 38.0 Å². The van der Waals surface area contributed by atoms with E-state index >= 15 is 0 Å². The fourth-order valence-electron chi connectivity index (χ4n) is 4.21. The number of hydrogen-bond donors (Lipinski definition) is 0. The zero-order valence-electron chi connectivity index (χ0n) is 17.6. The van der Waals surface area contributed by atoms with Crippen LogP contribution in [0, 0.1) is 5.92 Å². The molecule has 0 saturated carbocycles. The highest BCUT2D eigenvalue weighted by Crippen LogP contribution is 2.30. The summed E-state index contributed by atoms with van der Waals surface area (Å²) in [6.07, 6.45) is 4.53. The van der Waals surface area contributed by atoms with E-state index in [0.717, 1.165) is 64.2 Å². The minimum atomic E-state index is 0.0222. The smallest absolute Gasteiger partial charge is 0.253 e. The third-order valence-corrected chi connectivity index (χ3v) is 6.07. The molecule has 0 atom stereocenters. The van der Waals surface area contributed by atoms with Gasteiger partial charge in [0.15, 0.2) is 17.3 Å². The molecule has 2 saturated heterocycles. The number of amides is 1. The predicted octanol–water partition coefficient (Wildman–Crippen LogP) is 3.08. The van der Waals surface area contributed by atoms with Crippen LogP contribution in [0.4, 0.5) is 0 Å². The van der Waals surface area contributed by atoms with E-state index in [1.54, 1.807) is 32.4 Å². The number of benzene rings is 1. The second kappa shape index (κ2) is 9.47. The molecule has 4 rings (SSSR count). The SMILES string of the molecule is COc1ccc(C(=O)N2CCC(Cc3nc(C4CCOCC4)no3)CC2)cc1OC. The van der Waals surface area contributed by atoms with Gasteiger partial charge < -0.3 is 23.6 Å². The first-order valence-corrected chi connectivity index (χ1v) is 10.6. The van der Waals surface area contributed by atoms with Crippen molar-refractivity contribution >= 4 is 5.91 Å². The molecule has 0 bridgehead atoms. The van der Waals surface area contributed by atoms with E-state index < -0.39 is 0 Å². The average molecular weight is 415 g/mol. The molecule has 3 heterocycles. The van der Waals surface area contributed by atoms with Crippen LogP contribution >= 0.6 is 0 Å². The van der Waals surface area contributed by atoms with Gasteiger partial charge in [0.2, 0.25) is 5.89 Å². The molecular weight excluding hydrogens is 386 g/mol. The number of likely N-dealkylation sites (tertiary alicyclic amines) is 1. The van der Waals surface area contributed by atoms with Crippen molar-refractivity contribution in [3.8, 4) is 11.5 Å². The zero-order valence-corrected chi connectivity index (χ0v) is 17.6. The van der Waals surface area contributed by atoms with E-state index in [4.69, 9.17) is 18.7 Å². The first-order chi connectivity index (χ1) is 14.7. The van der Waals surface area contributed by atoms with Crippen molar-refractivity contribution in [2.24, 2.45) is 5.92 Å². The van der Waals surface area contributed by atoms with E-state index in [0.29, 0.717) is 34.8 Å². The van der Waals surface area contributed by atoms with Crippen LogP contribution in [-0.2, 0) is 11.2 Å². The standard InChI is InChI=1S/C22H29N3O5/c1-27-18-4-3-17(14-19(18)28-2)22(26)25-9-5-15(6-10-25)13-20-23-21(24-30-20)16-7-11-29-12-8-16/h3-4,14-16H,5-13H2,1-2H3. The second-order valence-corrected chi connectivity index (χ2v) is 7.94. The number of rotatable bonds is 6. The third-order valence-electron chi connectivity index (χ3n) is 6.07. The molecule has 30 heavy (non-hydrogen) atoms. The van der Waals surface area contributed by atoms with Crippen LogP contribution in [0.5, 0.6) is 11.5 Å². The van der Waals surface area contributed by atoms with Crippen molar-refractivity contribution in [2.75, 3.05) is 40.5 Å². The Labute approximate surface area is 176 Å². The van der Waals surface area contributed by atoms with Gasteiger partial charge in [-0.25, -0.2) is 0 Å². The molecule has 2 aromatic rings. The van der Waals surface area contributed by atoms with E-state index in [1.165, 1.54) is 0 Å². The van der Waals surface area contributed by atoms with E-state index in [1.807, 2.05) is 4.90 Å². The molecule has 2 fully saturated rings. The van der Waals surface area contributed by atoms with Crippen LogP contribution < -0.4 is 9.47 Å². The molecule has 2 aliphatic rings. The van der Waals surface area contributed by atoms with E-state index in [2.05, 4.69) is 10.1 Å². The summed E-state index contributed by atoms with van der Waals surface area (Å²) >= 11 is 0. The summed E-state index contributed by atoms with van der Waals surface area (Å²) in [6.45, 7) is 2.97. The van der Waals surface area contributed by atoms with Gasteiger partial charge in [0.1, 0.15) is 0 Å². The van der Waals surface area contributed by atoms with Gasteiger partial charge >= 0.3 is 0 Å². The Morgan fingerprint density at radius 1 is 1.10 bits per heavy atom. The number of carbonyl (C=O) groups is 1. The number of methoxy groups -OCH3 is 2. The fraction of sp³-hybridized carbons (Fsp3) is 0.591. The molecule has 1 aromatic carbocycles. The number of nitrogens with zero attached hydrogens (tertiary/aromatic N) is 3. The second-order valence-electron chi connectivity index (χ2n) is 7.94. The van der Waals surface area contributed by atoms with Gasteiger partial charge in [-0.05, 0) is 49.8 Å². The van der Waals surface area contributed by atoms with Gasteiger partial charge in [-0.2, -0.15) is 4.98 Å². The van der Waals surface area contributed by atoms with Crippen LogP contribution in [-0.4, -0.2) is 61.5 Å². The summed E-state index contributed by atoms with van der Waals surface area (Å²) in [5.74, 6) is 3.52. The number of aromatic nitrogens is 2. The van der Waals surface area contributed by atoms with Crippen molar-refractivity contribution in [1.82, 2.24) is 15.0 Å². The van der Waals surface area contributed by atoms with Gasteiger partial charge in [0.05, 0.1) is 14.2 Å². The highest BCUT2D eigenvalue weighted by atomic mass is 16.5. The van der Waals surface area contributed by atoms with Crippen molar-refractivity contribution in [3.63, 3.8) is 0 Å². The minimum absolute atomic E-state index is 0.0222. The molecule has 1 aromatic heterocycles. The maximum absolute atomic E-state index is 12.9. The highest BCUT2D eigenvalue weighted by molar-refractivity contribution is 5.95. The number of hydrogen-bond acceptors (Lipinski definition) is 7. The zero-order chi connectivity index (χ0) is 20.9. The van der Waals surface area contributed by atoms with Crippen LogP contribution in [0.2, 0.25) is 0 Å². The quantitative estimate of drug-likeness (QED) is 0.716. The topological polar surface area (TPSA) is 86.9 Å². The lowest BCUT2D eigenvalue weighted by Crippen LogP contribution is -2.38. The Kier molecular flexibility index (Phi) is 6.52.